The van der Waals surface area contributed by atoms with Crippen LogP contribution in [0.2, 0.25) is 0 Å². The van der Waals surface area contributed by atoms with Crippen LogP contribution in [0, 0.1) is 15.9 Å². The fourth-order valence-electron chi connectivity index (χ4n) is 2.16. The van der Waals surface area contributed by atoms with Crippen LogP contribution in [0.15, 0.2) is 60.0 Å². The summed E-state index contributed by atoms with van der Waals surface area (Å²) in [5, 5.41) is 10.9. The van der Waals surface area contributed by atoms with E-state index in [1.807, 2.05) is 0 Å². The molecule has 132 valence electrons. The average molecular weight is 366 g/mol. The van der Waals surface area contributed by atoms with Crippen molar-refractivity contribution < 1.29 is 22.5 Å². The first kappa shape index (κ1) is 18.4. The molecule has 2 aromatic rings. The third-order valence-electron chi connectivity index (χ3n) is 3.33. The molecule has 0 heterocycles. The van der Waals surface area contributed by atoms with Crippen molar-refractivity contribution in [3.05, 3.63) is 71.1 Å². The number of anilines is 1. The second-order valence-electron chi connectivity index (χ2n) is 4.90. The highest BCUT2D eigenvalue weighted by Gasteiger charge is 2.26. The summed E-state index contributed by atoms with van der Waals surface area (Å²) in [4.78, 5) is 9.99. The van der Waals surface area contributed by atoms with Crippen molar-refractivity contribution >= 4 is 21.4 Å². The molecule has 0 radical (unpaired) electrons. The van der Waals surface area contributed by atoms with Crippen LogP contribution in [-0.4, -0.2) is 27.0 Å². The van der Waals surface area contributed by atoms with E-state index < -0.39 is 20.8 Å². The smallest absolute Gasteiger partial charge is 0.271 e. The molecule has 0 atom stereocenters. The van der Waals surface area contributed by atoms with E-state index in [1.165, 1.54) is 43.5 Å². The Morgan fingerprint density at radius 1 is 1.32 bits per heavy atom. The summed E-state index contributed by atoms with van der Waals surface area (Å²) in [6, 6.07) is 8.38. The second kappa shape index (κ2) is 7.31. The van der Waals surface area contributed by atoms with Crippen LogP contribution in [0.5, 0.6) is 5.75 Å². The number of nitrogens with zero attached hydrogens (tertiary/aromatic N) is 2. The minimum atomic E-state index is -4.16. The maximum atomic E-state index is 13.9. The van der Waals surface area contributed by atoms with Crippen LogP contribution in [-0.2, 0) is 10.0 Å². The van der Waals surface area contributed by atoms with Crippen LogP contribution in [0.3, 0.4) is 0 Å². The maximum absolute atomic E-state index is 13.9. The predicted octanol–water partition coefficient (Wildman–Crippen LogP) is 3.12. The number of sulfonamides is 1. The van der Waals surface area contributed by atoms with Crippen LogP contribution in [0.25, 0.3) is 0 Å². The molecule has 2 aromatic carbocycles. The molecule has 0 N–H and O–H groups in total. The van der Waals surface area contributed by atoms with Gasteiger partial charge in [0.1, 0.15) is 0 Å². The molecule has 0 aliphatic heterocycles. The number of hydrogen-bond acceptors (Lipinski definition) is 5. The molecule has 2 rings (SSSR count). The number of non-ortho nitro benzene ring substituents is 1. The van der Waals surface area contributed by atoms with E-state index >= 15 is 0 Å². The van der Waals surface area contributed by atoms with Gasteiger partial charge in [0.15, 0.2) is 11.6 Å². The van der Waals surface area contributed by atoms with Gasteiger partial charge in [-0.05, 0) is 24.3 Å². The van der Waals surface area contributed by atoms with Gasteiger partial charge in [0.05, 0.1) is 29.2 Å². The van der Waals surface area contributed by atoms with E-state index in [0.29, 0.717) is 0 Å². The van der Waals surface area contributed by atoms with Gasteiger partial charge in [0.25, 0.3) is 15.7 Å². The molecule has 0 aliphatic carbocycles. The number of nitro benzene ring substituents is 1. The van der Waals surface area contributed by atoms with E-state index in [4.69, 9.17) is 4.74 Å². The minimum Gasteiger partial charge on any atom is -0.494 e. The van der Waals surface area contributed by atoms with Gasteiger partial charge in [-0.3, -0.25) is 14.4 Å². The number of halogens is 1. The normalized spacial score (nSPS) is 11.0. The van der Waals surface area contributed by atoms with Crippen molar-refractivity contribution in [2.24, 2.45) is 0 Å². The molecule has 7 nitrogen and oxygen atoms in total. The third-order valence-corrected chi connectivity index (χ3v) is 5.12. The van der Waals surface area contributed by atoms with E-state index in [0.717, 1.165) is 16.4 Å². The van der Waals surface area contributed by atoms with Crippen LogP contribution < -0.4 is 9.04 Å². The average Bonchev–Trinajstić information content (AvgIpc) is 2.59. The Morgan fingerprint density at radius 2 is 2.04 bits per heavy atom. The number of ether oxygens (including phenoxy) is 1. The first-order valence-electron chi connectivity index (χ1n) is 7.03. The fraction of sp³-hybridized carbons (Fsp3) is 0.125. The summed E-state index contributed by atoms with van der Waals surface area (Å²) in [6.07, 6.45) is 1.33. The third kappa shape index (κ3) is 3.77. The topological polar surface area (TPSA) is 89.8 Å². The molecule has 0 saturated heterocycles. The Morgan fingerprint density at radius 3 is 2.60 bits per heavy atom. The van der Waals surface area contributed by atoms with E-state index in [-0.39, 0.29) is 28.6 Å². The first-order chi connectivity index (χ1) is 11.8. The highest BCUT2D eigenvalue weighted by molar-refractivity contribution is 7.92. The monoisotopic (exact) mass is 366 g/mol. The second-order valence-corrected chi connectivity index (χ2v) is 6.76. The molecule has 9 heteroatoms. The lowest BCUT2D eigenvalue weighted by Gasteiger charge is -2.23. The highest BCUT2D eigenvalue weighted by atomic mass is 32.2. The number of nitro groups is 1. The Bertz CT molecular complexity index is 914. The van der Waals surface area contributed by atoms with Gasteiger partial charge in [-0.1, -0.05) is 12.1 Å². The molecule has 0 spiro atoms. The Hall–Kier alpha value is -2.94. The summed E-state index contributed by atoms with van der Waals surface area (Å²) >= 11 is 0. The maximum Gasteiger partial charge on any atom is 0.271 e. The summed E-state index contributed by atoms with van der Waals surface area (Å²) < 4.78 is 45.3. The minimum absolute atomic E-state index is 0.0744. The van der Waals surface area contributed by atoms with Crippen molar-refractivity contribution in [3.8, 4) is 5.75 Å². The zero-order valence-electron chi connectivity index (χ0n) is 13.3. The molecule has 0 aliphatic rings. The van der Waals surface area contributed by atoms with Gasteiger partial charge < -0.3 is 4.74 Å². The Kier molecular flexibility index (Phi) is 5.38. The zero-order chi connectivity index (χ0) is 18.6. The Labute approximate surface area is 144 Å². The van der Waals surface area contributed by atoms with Gasteiger partial charge in [-0.25, -0.2) is 12.8 Å². The van der Waals surface area contributed by atoms with Crippen LogP contribution in [0.4, 0.5) is 15.8 Å². The highest BCUT2D eigenvalue weighted by Crippen LogP contribution is 2.28. The number of rotatable bonds is 7. The molecular formula is C16H15FN2O5S. The number of methoxy groups -OCH3 is 1. The van der Waals surface area contributed by atoms with E-state index in [2.05, 4.69) is 6.58 Å². The molecule has 0 unspecified atom stereocenters. The molecule has 25 heavy (non-hydrogen) atoms. The standard InChI is InChI=1S/C16H15FN2O5S/c1-3-9-18(12-5-4-6-13(10-12)19(20)21)25(22,23)14-7-8-16(24-2)15(17)11-14/h3-8,10-11H,1,9H2,2H3. The van der Waals surface area contributed by atoms with E-state index in [9.17, 15) is 22.9 Å². The van der Waals surface area contributed by atoms with Gasteiger partial charge in [-0.15, -0.1) is 6.58 Å². The van der Waals surface area contributed by atoms with Crippen LogP contribution in [0.1, 0.15) is 0 Å². The lowest BCUT2D eigenvalue weighted by Crippen LogP contribution is -2.31. The summed E-state index contributed by atoms with van der Waals surface area (Å²) in [5.41, 5.74) is -0.187. The van der Waals surface area contributed by atoms with Gasteiger partial charge in [-0.2, -0.15) is 0 Å². The Balaban J connectivity index is 2.55. The summed E-state index contributed by atoms with van der Waals surface area (Å²) in [7, 11) is -2.90. The van der Waals surface area contributed by atoms with Crippen molar-refractivity contribution in [1.82, 2.24) is 0 Å². The number of benzene rings is 2. The predicted molar refractivity (Wildman–Crippen MR) is 90.8 cm³/mol. The quantitative estimate of drug-likeness (QED) is 0.427. The molecule has 0 bridgehead atoms. The molecular weight excluding hydrogens is 351 g/mol. The van der Waals surface area contributed by atoms with E-state index in [1.54, 1.807) is 0 Å². The number of hydrogen-bond donors (Lipinski definition) is 0. The summed E-state index contributed by atoms with van der Waals surface area (Å²) in [6.45, 7) is 3.36. The van der Waals surface area contributed by atoms with Crippen molar-refractivity contribution in [2.75, 3.05) is 18.0 Å². The molecule has 0 fully saturated rings. The molecule has 0 saturated carbocycles. The SMILES string of the molecule is C=CCN(c1cccc([N+](=O)[O-])c1)S(=O)(=O)c1ccc(OC)c(F)c1. The first-order valence-corrected chi connectivity index (χ1v) is 8.47. The fourth-order valence-corrected chi connectivity index (χ4v) is 3.60. The lowest BCUT2D eigenvalue weighted by atomic mass is 10.3. The van der Waals surface area contributed by atoms with Crippen molar-refractivity contribution in [1.29, 1.82) is 0 Å². The zero-order valence-corrected chi connectivity index (χ0v) is 14.1. The largest absolute Gasteiger partial charge is 0.494 e. The molecule has 0 aromatic heterocycles. The lowest BCUT2D eigenvalue weighted by molar-refractivity contribution is -0.384. The summed E-state index contributed by atoms with van der Waals surface area (Å²) in [5.74, 6) is -0.925. The van der Waals surface area contributed by atoms with Gasteiger partial charge >= 0.3 is 0 Å². The van der Waals surface area contributed by atoms with Crippen molar-refractivity contribution in [3.63, 3.8) is 0 Å². The van der Waals surface area contributed by atoms with Gasteiger partial charge in [0.2, 0.25) is 0 Å². The van der Waals surface area contributed by atoms with Crippen LogP contribution >= 0.6 is 0 Å². The van der Waals surface area contributed by atoms with Gasteiger partial charge in [0, 0.05) is 12.1 Å². The molecule has 0 amide bonds. The van der Waals surface area contributed by atoms with Crippen molar-refractivity contribution in [2.45, 2.75) is 4.90 Å².